The van der Waals surface area contributed by atoms with Crippen LogP contribution in [0.15, 0.2) is 36.5 Å². The molecule has 1 amide bonds. The number of carbonyl (C=O) groups excluding carboxylic acids is 1. The highest BCUT2D eigenvalue weighted by molar-refractivity contribution is 5.76. The number of hydrogen-bond donors (Lipinski definition) is 3. The van der Waals surface area contributed by atoms with Crippen LogP contribution in [0, 0.1) is 0 Å². The fourth-order valence-corrected chi connectivity index (χ4v) is 6.15. The van der Waals surface area contributed by atoms with Gasteiger partial charge in [0, 0.05) is 6.42 Å². The minimum atomic E-state index is -0.866. The van der Waals surface area contributed by atoms with Gasteiger partial charge in [-0.1, -0.05) is 198 Å². The van der Waals surface area contributed by atoms with Crippen LogP contribution in [-0.2, 0) is 4.79 Å². The third kappa shape index (κ3) is 35.7. The fourth-order valence-electron chi connectivity index (χ4n) is 6.15. The zero-order valence-electron chi connectivity index (χ0n) is 31.5. The smallest absolute Gasteiger partial charge is 0.220 e. The highest BCUT2D eigenvalue weighted by Gasteiger charge is 2.17. The van der Waals surface area contributed by atoms with Crippen molar-refractivity contribution in [1.29, 1.82) is 0 Å². The van der Waals surface area contributed by atoms with Gasteiger partial charge in [-0.15, -0.1) is 0 Å². The monoisotopic (exact) mass is 660 g/mol. The van der Waals surface area contributed by atoms with Crippen LogP contribution in [-0.4, -0.2) is 34.9 Å². The molecule has 0 spiro atoms. The van der Waals surface area contributed by atoms with Crippen LogP contribution in [0.1, 0.15) is 213 Å². The van der Waals surface area contributed by atoms with E-state index in [1.54, 1.807) is 6.08 Å². The van der Waals surface area contributed by atoms with E-state index in [9.17, 15) is 15.0 Å². The number of amides is 1. The van der Waals surface area contributed by atoms with Crippen molar-refractivity contribution >= 4 is 5.91 Å². The molecule has 3 N–H and O–H groups in total. The number of aliphatic hydroxyl groups is 2. The Hall–Kier alpha value is -1.39. The van der Waals surface area contributed by atoms with Gasteiger partial charge in [-0.2, -0.15) is 0 Å². The molecule has 2 atom stereocenters. The van der Waals surface area contributed by atoms with Crippen LogP contribution in [0.4, 0.5) is 0 Å². The standard InChI is InChI=1S/C43H81NO3/c1-3-5-7-9-11-13-15-16-17-18-19-20-21-22-23-24-25-26-27-29-30-32-34-36-38-42(46)41(40-45)44-43(47)39-37-35-33-31-28-14-12-10-8-6-4-2/h24-25,29-30,36,38,41-42,45-46H,3-23,26-28,31-35,37,39-40H2,1-2H3,(H,44,47)/b25-24+,30-29+,38-36+. The van der Waals surface area contributed by atoms with Crippen LogP contribution in [0.5, 0.6) is 0 Å². The summed E-state index contributed by atoms with van der Waals surface area (Å²) in [5, 5.41) is 22.9. The van der Waals surface area contributed by atoms with Gasteiger partial charge in [0.05, 0.1) is 18.8 Å². The Morgan fingerprint density at radius 2 is 0.830 bits per heavy atom. The Morgan fingerprint density at radius 1 is 0.489 bits per heavy atom. The molecular weight excluding hydrogens is 578 g/mol. The third-order valence-electron chi connectivity index (χ3n) is 9.35. The van der Waals surface area contributed by atoms with Crippen molar-refractivity contribution in [3.8, 4) is 0 Å². The molecule has 47 heavy (non-hydrogen) atoms. The first-order valence-corrected chi connectivity index (χ1v) is 20.7. The maximum atomic E-state index is 12.3. The van der Waals surface area contributed by atoms with Crippen molar-refractivity contribution in [3.63, 3.8) is 0 Å². The van der Waals surface area contributed by atoms with Crippen LogP contribution in [0.3, 0.4) is 0 Å². The summed E-state index contributed by atoms with van der Waals surface area (Å²) in [7, 11) is 0. The molecule has 0 saturated carbocycles. The second kappa shape index (κ2) is 39.1. The van der Waals surface area contributed by atoms with Crippen molar-refractivity contribution in [2.45, 2.75) is 225 Å². The molecule has 276 valence electrons. The second-order valence-electron chi connectivity index (χ2n) is 14.0. The van der Waals surface area contributed by atoms with Gasteiger partial charge in [0.25, 0.3) is 0 Å². The van der Waals surface area contributed by atoms with Crippen molar-refractivity contribution in [3.05, 3.63) is 36.5 Å². The lowest BCUT2D eigenvalue weighted by Crippen LogP contribution is -2.45. The Morgan fingerprint density at radius 3 is 1.23 bits per heavy atom. The fraction of sp³-hybridized carbons (Fsp3) is 0.837. The first-order valence-electron chi connectivity index (χ1n) is 20.7. The van der Waals surface area contributed by atoms with E-state index in [2.05, 4.69) is 43.5 Å². The molecule has 0 aromatic carbocycles. The zero-order valence-corrected chi connectivity index (χ0v) is 31.5. The molecule has 0 rings (SSSR count). The third-order valence-corrected chi connectivity index (χ3v) is 9.35. The SMILES string of the molecule is CCCCCCCCCCCCCCCC/C=C/CC/C=C/CC/C=C/C(O)C(CO)NC(=O)CCCCCCCCCCCCC. The van der Waals surface area contributed by atoms with Gasteiger partial charge in [0.15, 0.2) is 0 Å². The van der Waals surface area contributed by atoms with E-state index in [4.69, 9.17) is 0 Å². The van der Waals surface area contributed by atoms with E-state index in [-0.39, 0.29) is 12.5 Å². The predicted molar refractivity (Wildman–Crippen MR) is 207 cm³/mol. The van der Waals surface area contributed by atoms with Crippen molar-refractivity contribution in [2.75, 3.05) is 6.61 Å². The van der Waals surface area contributed by atoms with Crippen molar-refractivity contribution in [2.24, 2.45) is 0 Å². The summed E-state index contributed by atoms with van der Waals surface area (Å²) < 4.78 is 0. The Bertz CT molecular complexity index is 716. The number of hydrogen-bond acceptors (Lipinski definition) is 3. The average Bonchev–Trinajstić information content (AvgIpc) is 3.07. The minimum absolute atomic E-state index is 0.0796. The lowest BCUT2D eigenvalue weighted by atomic mass is 10.0. The Balaban J connectivity index is 3.62. The van der Waals surface area contributed by atoms with E-state index in [1.165, 1.54) is 154 Å². The lowest BCUT2D eigenvalue weighted by molar-refractivity contribution is -0.123. The summed E-state index contributed by atoms with van der Waals surface area (Å²) >= 11 is 0. The lowest BCUT2D eigenvalue weighted by Gasteiger charge is -2.19. The topological polar surface area (TPSA) is 69.6 Å². The van der Waals surface area contributed by atoms with Gasteiger partial charge in [0.1, 0.15) is 0 Å². The van der Waals surface area contributed by atoms with Crippen LogP contribution in [0.25, 0.3) is 0 Å². The van der Waals surface area contributed by atoms with Gasteiger partial charge >= 0.3 is 0 Å². The molecule has 0 heterocycles. The van der Waals surface area contributed by atoms with Crippen LogP contribution in [0.2, 0.25) is 0 Å². The quantitative estimate of drug-likeness (QED) is 0.0459. The first-order chi connectivity index (χ1) is 23.2. The predicted octanol–water partition coefficient (Wildman–Crippen LogP) is 12.6. The van der Waals surface area contributed by atoms with Crippen molar-refractivity contribution in [1.82, 2.24) is 5.32 Å². The molecule has 0 aliphatic heterocycles. The summed E-state index contributed by atoms with van der Waals surface area (Å²) in [6, 6.07) is -0.640. The van der Waals surface area contributed by atoms with Gasteiger partial charge in [0.2, 0.25) is 5.91 Å². The molecule has 2 unspecified atom stereocenters. The maximum Gasteiger partial charge on any atom is 0.220 e. The van der Waals surface area contributed by atoms with Crippen molar-refractivity contribution < 1.29 is 15.0 Å². The zero-order chi connectivity index (χ0) is 34.3. The molecule has 0 aliphatic rings. The van der Waals surface area contributed by atoms with E-state index < -0.39 is 12.1 Å². The van der Waals surface area contributed by atoms with Gasteiger partial charge in [-0.25, -0.2) is 0 Å². The van der Waals surface area contributed by atoms with Crippen LogP contribution >= 0.6 is 0 Å². The number of rotatable bonds is 37. The molecule has 4 nitrogen and oxygen atoms in total. The summed E-state index contributed by atoms with van der Waals surface area (Å²) in [4.78, 5) is 12.3. The second-order valence-corrected chi connectivity index (χ2v) is 14.0. The molecule has 0 bridgehead atoms. The molecule has 0 fully saturated rings. The first kappa shape index (κ1) is 45.6. The molecule has 0 aromatic heterocycles. The van der Waals surface area contributed by atoms with E-state index in [0.29, 0.717) is 6.42 Å². The Kier molecular flexibility index (Phi) is 37.9. The Labute approximate surface area is 293 Å². The highest BCUT2D eigenvalue weighted by atomic mass is 16.3. The summed E-state index contributed by atoms with van der Waals surface area (Å²) in [5.41, 5.74) is 0. The number of nitrogens with one attached hydrogen (secondary N) is 1. The molecular formula is C43H81NO3. The number of allylic oxidation sites excluding steroid dienone is 5. The summed E-state index contributed by atoms with van der Waals surface area (Å²) in [6.45, 7) is 4.28. The molecule has 0 radical (unpaired) electrons. The van der Waals surface area contributed by atoms with Gasteiger partial charge in [-0.3, -0.25) is 4.79 Å². The minimum Gasteiger partial charge on any atom is -0.394 e. The average molecular weight is 660 g/mol. The normalized spacial score (nSPS) is 13.4. The van der Waals surface area contributed by atoms with Crippen LogP contribution < -0.4 is 5.32 Å². The number of carbonyl (C=O) groups is 1. The van der Waals surface area contributed by atoms with E-state index >= 15 is 0 Å². The van der Waals surface area contributed by atoms with Gasteiger partial charge in [-0.05, 0) is 44.9 Å². The molecule has 0 aromatic rings. The van der Waals surface area contributed by atoms with E-state index in [0.717, 1.165) is 38.5 Å². The summed E-state index contributed by atoms with van der Waals surface area (Å²) in [6.07, 6.45) is 51.1. The summed E-state index contributed by atoms with van der Waals surface area (Å²) in [5.74, 6) is -0.0796. The largest absolute Gasteiger partial charge is 0.394 e. The highest BCUT2D eigenvalue weighted by Crippen LogP contribution is 2.14. The number of aliphatic hydroxyl groups excluding tert-OH is 2. The molecule has 0 saturated heterocycles. The van der Waals surface area contributed by atoms with Gasteiger partial charge < -0.3 is 15.5 Å². The maximum absolute atomic E-state index is 12.3. The molecule has 0 aliphatic carbocycles. The van der Waals surface area contributed by atoms with E-state index in [1.807, 2.05) is 6.08 Å². The molecule has 4 heteroatoms. The number of unbranched alkanes of at least 4 members (excludes halogenated alkanes) is 26.